The van der Waals surface area contributed by atoms with Crippen molar-refractivity contribution in [3.63, 3.8) is 0 Å². The minimum atomic E-state index is -2.38. The molecule has 0 heterocycles. The zero-order chi connectivity index (χ0) is 12.1. The second kappa shape index (κ2) is 6.16. The number of hydrogen-bond donors (Lipinski definition) is 0. The van der Waals surface area contributed by atoms with E-state index in [2.05, 4.69) is 0 Å². The van der Waals surface area contributed by atoms with Crippen LogP contribution in [0.5, 0.6) is 0 Å². The maximum atomic E-state index is 13.7. The molecule has 0 aliphatic carbocycles. The molecule has 0 N–H and O–H groups in total. The summed E-state index contributed by atoms with van der Waals surface area (Å²) >= 11 is 0. The largest absolute Gasteiger partial charge is 0.268 e. The molecule has 2 aromatic rings. The van der Waals surface area contributed by atoms with Crippen LogP contribution >= 0.6 is 16.9 Å². The summed E-state index contributed by atoms with van der Waals surface area (Å²) in [4.78, 5) is 0. The standard InChI is InChI=1S/C12H10F2OP2/c13-16(11-7-3-1-4-8-11)15-17(14)12-9-5-2-6-10-12/h1-10H. The van der Waals surface area contributed by atoms with Gasteiger partial charge in [0.25, 0.3) is 16.9 Å². The van der Waals surface area contributed by atoms with Crippen molar-refractivity contribution in [2.75, 3.05) is 0 Å². The van der Waals surface area contributed by atoms with Crippen molar-refractivity contribution in [2.45, 2.75) is 0 Å². The lowest BCUT2D eigenvalue weighted by Gasteiger charge is -2.11. The van der Waals surface area contributed by atoms with E-state index in [-0.39, 0.29) is 0 Å². The number of rotatable bonds is 4. The maximum Gasteiger partial charge on any atom is 0.259 e. The van der Waals surface area contributed by atoms with Gasteiger partial charge in [0.2, 0.25) is 0 Å². The quantitative estimate of drug-likeness (QED) is 0.756. The lowest BCUT2D eigenvalue weighted by molar-refractivity contribution is 0.593. The van der Waals surface area contributed by atoms with E-state index >= 15 is 0 Å². The molecule has 17 heavy (non-hydrogen) atoms. The van der Waals surface area contributed by atoms with Crippen LogP contribution in [-0.2, 0) is 4.31 Å². The monoisotopic (exact) mass is 270 g/mol. The zero-order valence-corrected chi connectivity index (χ0v) is 10.6. The molecule has 0 bridgehead atoms. The fraction of sp³-hybridized carbons (Fsp3) is 0. The van der Waals surface area contributed by atoms with Crippen LogP contribution in [0.25, 0.3) is 0 Å². The van der Waals surface area contributed by atoms with Gasteiger partial charge in [-0.1, -0.05) is 36.4 Å². The molecule has 0 aliphatic rings. The minimum absolute atomic E-state index is 0.392. The van der Waals surface area contributed by atoms with Gasteiger partial charge in [0, 0.05) is 10.6 Å². The molecule has 2 unspecified atom stereocenters. The summed E-state index contributed by atoms with van der Waals surface area (Å²) in [6.45, 7) is 0. The maximum absolute atomic E-state index is 13.7. The molecule has 0 spiro atoms. The summed E-state index contributed by atoms with van der Waals surface area (Å²) in [6.07, 6.45) is 0. The average molecular weight is 270 g/mol. The highest BCUT2D eigenvalue weighted by Crippen LogP contribution is 2.53. The van der Waals surface area contributed by atoms with Crippen LogP contribution in [0.15, 0.2) is 60.7 Å². The minimum Gasteiger partial charge on any atom is -0.268 e. The topological polar surface area (TPSA) is 9.23 Å². The summed E-state index contributed by atoms with van der Waals surface area (Å²) < 4.78 is 32.2. The van der Waals surface area contributed by atoms with Crippen LogP contribution in [0.2, 0.25) is 0 Å². The predicted molar refractivity (Wildman–Crippen MR) is 69.3 cm³/mol. The Morgan fingerprint density at radius 1 is 0.647 bits per heavy atom. The van der Waals surface area contributed by atoms with Gasteiger partial charge in [0.05, 0.1) is 0 Å². The fourth-order valence-corrected chi connectivity index (χ4v) is 3.32. The van der Waals surface area contributed by atoms with E-state index in [0.29, 0.717) is 10.6 Å². The van der Waals surface area contributed by atoms with Gasteiger partial charge >= 0.3 is 0 Å². The third kappa shape index (κ3) is 3.54. The second-order valence-corrected chi connectivity index (χ2v) is 5.91. The smallest absolute Gasteiger partial charge is 0.259 e. The Morgan fingerprint density at radius 2 is 1.00 bits per heavy atom. The van der Waals surface area contributed by atoms with Crippen molar-refractivity contribution >= 4 is 27.5 Å². The third-order valence-electron chi connectivity index (χ3n) is 2.06. The lowest BCUT2D eigenvalue weighted by Crippen LogP contribution is -2.01. The molecular weight excluding hydrogens is 260 g/mol. The predicted octanol–water partition coefficient (Wildman–Crippen LogP) is 4.22. The van der Waals surface area contributed by atoms with Gasteiger partial charge in [0.1, 0.15) is 0 Å². The first-order valence-electron chi connectivity index (χ1n) is 4.97. The van der Waals surface area contributed by atoms with Crippen molar-refractivity contribution in [2.24, 2.45) is 0 Å². The molecule has 88 valence electrons. The van der Waals surface area contributed by atoms with Gasteiger partial charge in [-0.2, -0.15) is 8.39 Å². The molecular formula is C12H10F2OP2. The van der Waals surface area contributed by atoms with Gasteiger partial charge in [0.15, 0.2) is 0 Å². The fourth-order valence-electron chi connectivity index (χ4n) is 1.25. The number of hydrogen-bond acceptors (Lipinski definition) is 1. The van der Waals surface area contributed by atoms with Gasteiger partial charge in [-0.3, -0.25) is 4.31 Å². The highest BCUT2D eigenvalue weighted by Gasteiger charge is 2.20. The van der Waals surface area contributed by atoms with E-state index in [1.165, 1.54) is 0 Å². The average Bonchev–Trinajstić information content (AvgIpc) is 2.40. The number of halogens is 2. The van der Waals surface area contributed by atoms with Gasteiger partial charge < -0.3 is 0 Å². The van der Waals surface area contributed by atoms with Crippen molar-refractivity contribution < 1.29 is 12.7 Å². The highest BCUT2D eigenvalue weighted by atomic mass is 31.2. The third-order valence-corrected chi connectivity index (χ3v) is 4.62. The van der Waals surface area contributed by atoms with Crippen molar-refractivity contribution in [1.82, 2.24) is 0 Å². The van der Waals surface area contributed by atoms with E-state index in [0.717, 1.165) is 0 Å². The van der Waals surface area contributed by atoms with E-state index in [1.54, 1.807) is 60.7 Å². The Hall–Kier alpha value is -0.880. The Balaban J connectivity index is 2.02. The zero-order valence-electron chi connectivity index (χ0n) is 8.83. The van der Waals surface area contributed by atoms with Crippen molar-refractivity contribution in [3.8, 4) is 0 Å². The molecule has 0 saturated carbocycles. The van der Waals surface area contributed by atoms with Gasteiger partial charge in [-0.15, -0.1) is 0 Å². The second-order valence-electron chi connectivity index (χ2n) is 3.24. The molecule has 0 aromatic heterocycles. The molecule has 1 nitrogen and oxygen atoms in total. The van der Waals surface area contributed by atoms with E-state index in [1.807, 2.05) is 0 Å². The summed E-state index contributed by atoms with van der Waals surface area (Å²) in [5.41, 5.74) is 0. The first kappa shape index (κ1) is 12.6. The summed E-state index contributed by atoms with van der Waals surface area (Å²) in [5, 5.41) is 0.784. The van der Waals surface area contributed by atoms with E-state index in [9.17, 15) is 8.39 Å². The summed E-state index contributed by atoms with van der Waals surface area (Å²) in [6, 6.07) is 16.8. The first-order chi connectivity index (χ1) is 8.27. The molecule has 0 saturated heterocycles. The van der Waals surface area contributed by atoms with Gasteiger partial charge in [-0.25, -0.2) is 0 Å². The molecule has 0 amide bonds. The van der Waals surface area contributed by atoms with Gasteiger partial charge in [-0.05, 0) is 24.3 Å². The van der Waals surface area contributed by atoms with E-state index in [4.69, 9.17) is 4.31 Å². The molecule has 0 radical (unpaired) electrons. The van der Waals surface area contributed by atoms with Crippen LogP contribution in [0, 0.1) is 0 Å². The van der Waals surface area contributed by atoms with Crippen molar-refractivity contribution in [3.05, 3.63) is 60.7 Å². The molecule has 2 rings (SSSR count). The Morgan fingerprint density at radius 3 is 1.35 bits per heavy atom. The summed E-state index contributed by atoms with van der Waals surface area (Å²) in [7, 11) is -4.77. The Kier molecular flexibility index (Phi) is 4.56. The highest BCUT2D eigenvalue weighted by molar-refractivity contribution is 7.68. The molecule has 2 aromatic carbocycles. The van der Waals surface area contributed by atoms with Crippen LogP contribution < -0.4 is 10.6 Å². The molecule has 2 atom stereocenters. The Labute approximate surface area is 101 Å². The lowest BCUT2D eigenvalue weighted by atomic mass is 10.4. The van der Waals surface area contributed by atoms with E-state index < -0.39 is 16.9 Å². The first-order valence-corrected chi connectivity index (χ1v) is 7.27. The van der Waals surface area contributed by atoms with Crippen LogP contribution in [0.1, 0.15) is 0 Å². The summed E-state index contributed by atoms with van der Waals surface area (Å²) in [5.74, 6) is 0. The Bertz CT molecular complexity index is 409. The SMILES string of the molecule is FP(OP(F)c1ccccc1)c1ccccc1. The van der Waals surface area contributed by atoms with Crippen LogP contribution in [0.4, 0.5) is 8.39 Å². The number of benzene rings is 2. The van der Waals surface area contributed by atoms with Crippen molar-refractivity contribution in [1.29, 1.82) is 0 Å². The molecule has 0 fully saturated rings. The normalized spacial score (nSPS) is 14.2. The van der Waals surface area contributed by atoms with Crippen LogP contribution in [-0.4, -0.2) is 0 Å². The molecule has 5 heteroatoms. The van der Waals surface area contributed by atoms with Crippen LogP contribution in [0.3, 0.4) is 0 Å². The molecule has 0 aliphatic heterocycles.